The van der Waals surface area contributed by atoms with E-state index in [9.17, 15) is 13.2 Å². The Morgan fingerprint density at radius 2 is 1.70 bits per heavy atom. The molecule has 0 spiro atoms. The van der Waals surface area contributed by atoms with E-state index < -0.39 is 17.5 Å². The maximum Gasteiger partial charge on any atom is 0.159 e. The van der Waals surface area contributed by atoms with Crippen LogP contribution in [0, 0.1) is 17.5 Å². The maximum absolute atomic E-state index is 13.3. The molecule has 106 valence electrons. The van der Waals surface area contributed by atoms with Crippen LogP contribution in [0.4, 0.5) is 13.2 Å². The number of hydrogen-bond donors (Lipinski definition) is 1. The predicted molar refractivity (Wildman–Crippen MR) is 73.2 cm³/mol. The summed E-state index contributed by atoms with van der Waals surface area (Å²) in [5, 5.41) is 0.0493. The molecule has 0 aliphatic rings. The summed E-state index contributed by atoms with van der Waals surface area (Å²) in [4.78, 5) is 0. The normalized spacial score (nSPS) is 12.4. The largest absolute Gasteiger partial charge is 0.327 e. The molecule has 0 saturated carbocycles. The first-order valence-electron chi connectivity index (χ1n) is 6.09. The Bertz CT molecular complexity index is 616. The summed E-state index contributed by atoms with van der Waals surface area (Å²) in [6.45, 7) is 0. The van der Waals surface area contributed by atoms with Crippen molar-refractivity contribution in [2.24, 2.45) is 5.73 Å². The Morgan fingerprint density at radius 1 is 0.950 bits per heavy atom. The van der Waals surface area contributed by atoms with Crippen molar-refractivity contribution in [3.63, 3.8) is 0 Å². The molecular weight excluding hydrogens is 287 g/mol. The van der Waals surface area contributed by atoms with Crippen molar-refractivity contribution in [2.75, 3.05) is 0 Å². The highest BCUT2D eigenvalue weighted by Crippen LogP contribution is 2.21. The minimum Gasteiger partial charge on any atom is -0.327 e. The van der Waals surface area contributed by atoms with Crippen LogP contribution in [0.1, 0.15) is 11.1 Å². The van der Waals surface area contributed by atoms with E-state index in [2.05, 4.69) is 0 Å². The summed E-state index contributed by atoms with van der Waals surface area (Å²) >= 11 is 5.85. The van der Waals surface area contributed by atoms with Gasteiger partial charge in [-0.25, -0.2) is 13.2 Å². The molecule has 0 aliphatic carbocycles. The number of benzene rings is 2. The highest BCUT2D eigenvalue weighted by molar-refractivity contribution is 6.31. The molecule has 2 N–H and O–H groups in total. The smallest absolute Gasteiger partial charge is 0.159 e. The zero-order valence-electron chi connectivity index (χ0n) is 10.5. The molecule has 0 radical (unpaired) electrons. The second-order valence-corrected chi connectivity index (χ2v) is 5.01. The molecule has 0 aliphatic heterocycles. The van der Waals surface area contributed by atoms with Crippen LogP contribution in [0.3, 0.4) is 0 Å². The average molecular weight is 300 g/mol. The molecule has 2 aromatic rings. The van der Waals surface area contributed by atoms with Gasteiger partial charge in [-0.15, -0.1) is 0 Å². The molecule has 0 saturated heterocycles. The summed E-state index contributed by atoms with van der Waals surface area (Å²) in [6, 6.07) is 7.81. The molecule has 0 aromatic heterocycles. The lowest BCUT2D eigenvalue weighted by Crippen LogP contribution is -2.25. The lowest BCUT2D eigenvalue weighted by molar-refractivity contribution is 0.506. The first-order chi connectivity index (χ1) is 9.47. The van der Waals surface area contributed by atoms with E-state index in [0.717, 1.165) is 12.1 Å². The highest BCUT2D eigenvalue weighted by Gasteiger charge is 2.12. The summed E-state index contributed by atoms with van der Waals surface area (Å²) in [5.41, 5.74) is 7.13. The van der Waals surface area contributed by atoms with Gasteiger partial charge >= 0.3 is 0 Å². The van der Waals surface area contributed by atoms with Crippen molar-refractivity contribution in [1.82, 2.24) is 0 Å². The van der Waals surface area contributed by atoms with Crippen LogP contribution in [0.5, 0.6) is 0 Å². The van der Waals surface area contributed by atoms with Gasteiger partial charge in [0, 0.05) is 6.04 Å². The van der Waals surface area contributed by atoms with E-state index in [1.165, 1.54) is 12.1 Å². The third-order valence-electron chi connectivity index (χ3n) is 3.00. The Kier molecular flexibility index (Phi) is 4.68. The van der Waals surface area contributed by atoms with Crippen molar-refractivity contribution in [3.8, 4) is 0 Å². The van der Waals surface area contributed by atoms with E-state index in [0.29, 0.717) is 24.0 Å². The van der Waals surface area contributed by atoms with Gasteiger partial charge in [-0.3, -0.25) is 0 Å². The van der Waals surface area contributed by atoms with Gasteiger partial charge in [0.2, 0.25) is 0 Å². The van der Waals surface area contributed by atoms with Crippen LogP contribution in [0.25, 0.3) is 0 Å². The van der Waals surface area contributed by atoms with Crippen LogP contribution in [-0.2, 0) is 12.8 Å². The summed E-state index contributed by atoms with van der Waals surface area (Å²) in [7, 11) is 0. The predicted octanol–water partition coefficient (Wildman–Crippen LogP) is 3.87. The fourth-order valence-electron chi connectivity index (χ4n) is 2.03. The fourth-order valence-corrected chi connectivity index (χ4v) is 2.23. The Labute approximate surface area is 120 Å². The van der Waals surface area contributed by atoms with Crippen molar-refractivity contribution in [1.29, 1.82) is 0 Å². The second kappa shape index (κ2) is 6.29. The molecule has 1 atom stereocenters. The van der Waals surface area contributed by atoms with Crippen molar-refractivity contribution >= 4 is 11.6 Å². The van der Waals surface area contributed by atoms with Crippen LogP contribution >= 0.6 is 11.6 Å². The van der Waals surface area contributed by atoms with Gasteiger partial charge in [0.05, 0.1) is 5.02 Å². The first kappa shape index (κ1) is 14.9. The number of nitrogens with two attached hydrogens (primary N) is 1. The van der Waals surface area contributed by atoms with Gasteiger partial charge in [0.15, 0.2) is 11.6 Å². The minimum absolute atomic E-state index is 0.0493. The molecule has 5 heteroatoms. The molecule has 0 bridgehead atoms. The standard InChI is InChI=1S/C15H13ClF3N/c16-15-10(2-1-3-13(15)18)8-11(20)6-9-4-5-12(17)14(19)7-9/h1-5,7,11H,6,8,20H2. The van der Waals surface area contributed by atoms with Crippen LogP contribution < -0.4 is 5.73 Å². The molecule has 2 aromatic carbocycles. The van der Waals surface area contributed by atoms with Gasteiger partial charge in [-0.1, -0.05) is 29.8 Å². The lowest BCUT2D eigenvalue weighted by atomic mass is 9.99. The third kappa shape index (κ3) is 3.52. The topological polar surface area (TPSA) is 26.0 Å². The molecule has 20 heavy (non-hydrogen) atoms. The summed E-state index contributed by atoms with van der Waals surface area (Å²) in [6.07, 6.45) is 0.708. The van der Waals surface area contributed by atoms with E-state index in [1.807, 2.05) is 0 Å². The molecule has 0 fully saturated rings. The second-order valence-electron chi connectivity index (χ2n) is 4.63. The van der Waals surface area contributed by atoms with Gasteiger partial charge in [0.25, 0.3) is 0 Å². The fraction of sp³-hybridized carbons (Fsp3) is 0.200. The maximum atomic E-state index is 13.3. The minimum atomic E-state index is -0.904. The SMILES string of the molecule is NC(Cc1ccc(F)c(F)c1)Cc1cccc(F)c1Cl. The molecule has 1 nitrogen and oxygen atoms in total. The number of hydrogen-bond acceptors (Lipinski definition) is 1. The number of halogens is 4. The molecule has 0 heterocycles. The Balaban J connectivity index is 2.07. The zero-order chi connectivity index (χ0) is 14.7. The first-order valence-corrected chi connectivity index (χ1v) is 6.47. The molecular formula is C15H13ClF3N. The van der Waals surface area contributed by atoms with Crippen LogP contribution in [0.2, 0.25) is 5.02 Å². The monoisotopic (exact) mass is 299 g/mol. The molecule has 2 rings (SSSR count). The Hall–Kier alpha value is -1.52. The van der Waals surface area contributed by atoms with E-state index in [-0.39, 0.29) is 11.1 Å². The highest BCUT2D eigenvalue weighted by atomic mass is 35.5. The summed E-state index contributed by atoms with van der Waals surface area (Å²) in [5.74, 6) is -2.29. The average Bonchev–Trinajstić information content (AvgIpc) is 2.39. The van der Waals surface area contributed by atoms with Crippen molar-refractivity contribution < 1.29 is 13.2 Å². The van der Waals surface area contributed by atoms with Gasteiger partial charge in [0.1, 0.15) is 5.82 Å². The van der Waals surface area contributed by atoms with Crippen LogP contribution in [-0.4, -0.2) is 6.04 Å². The molecule has 1 unspecified atom stereocenters. The van der Waals surface area contributed by atoms with Crippen molar-refractivity contribution in [3.05, 3.63) is 70.0 Å². The lowest BCUT2D eigenvalue weighted by Gasteiger charge is -2.13. The quantitative estimate of drug-likeness (QED) is 0.911. The van der Waals surface area contributed by atoms with Gasteiger partial charge in [-0.05, 0) is 42.2 Å². The molecule has 0 amide bonds. The van der Waals surface area contributed by atoms with Crippen molar-refractivity contribution in [2.45, 2.75) is 18.9 Å². The van der Waals surface area contributed by atoms with Gasteiger partial charge < -0.3 is 5.73 Å². The van der Waals surface area contributed by atoms with E-state index in [4.69, 9.17) is 17.3 Å². The third-order valence-corrected chi connectivity index (χ3v) is 3.42. The summed E-state index contributed by atoms with van der Waals surface area (Å²) < 4.78 is 39.2. The van der Waals surface area contributed by atoms with E-state index >= 15 is 0 Å². The van der Waals surface area contributed by atoms with E-state index in [1.54, 1.807) is 12.1 Å². The number of rotatable bonds is 4. The zero-order valence-corrected chi connectivity index (χ0v) is 11.3. The van der Waals surface area contributed by atoms with Gasteiger partial charge in [-0.2, -0.15) is 0 Å². The van der Waals surface area contributed by atoms with Crippen LogP contribution in [0.15, 0.2) is 36.4 Å². The Morgan fingerprint density at radius 3 is 2.40 bits per heavy atom.